The number of benzene rings is 1. The van der Waals surface area contributed by atoms with Crippen LogP contribution in [-0.4, -0.2) is 30.5 Å². The van der Waals surface area contributed by atoms with Crippen molar-refractivity contribution in [2.45, 2.75) is 31.3 Å². The van der Waals surface area contributed by atoms with Crippen LogP contribution < -0.4 is 10.2 Å². The summed E-state index contributed by atoms with van der Waals surface area (Å²) < 4.78 is 0. The van der Waals surface area contributed by atoms with Gasteiger partial charge in [0.2, 0.25) is 5.91 Å². The monoisotopic (exact) mass is 276 g/mol. The molecule has 1 fully saturated rings. The Bertz CT molecular complexity index is 471. The predicted octanol–water partition coefficient (Wildman–Crippen LogP) is 2.58. The van der Waals surface area contributed by atoms with Gasteiger partial charge in [0.05, 0.1) is 0 Å². The highest BCUT2D eigenvalue weighted by molar-refractivity contribution is 7.99. The molecule has 2 aliphatic heterocycles. The maximum Gasteiger partial charge on any atom is 0.228 e. The molecular weight excluding hydrogens is 256 g/mol. The van der Waals surface area contributed by atoms with E-state index in [1.165, 1.54) is 29.9 Å². The fraction of sp³-hybridized carbons (Fsp3) is 0.533. The van der Waals surface area contributed by atoms with Gasteiger partial charge in [0.15, 0.2) is 0 Å². The lowest BCUT2D eigenvalue weighted by molar-refractivity contribution is -0.119. The summed E-state index contributed by atoms with van der Waals surface area (Å²) in [5.74, 6) is 2.68. The third-order valence-electron chi connectivity index (χ3n) is 4.08. The molecule has 19 heavy (non-hydrogen) atoms. The molecule has 102 valence electrons. The van der Waals surface area contributed by atoms with Crippen molar-refractivity contribution in [3.63, 3.8) is 0 Å². The second kappa shape index (κ2) is 5.55. The van der Waals surface area contributed by atoms with E-state index in [9.17, 15) is 4.79 Å². The molecule has 0 aliphatic carbocycles. The molecule has 4 heteroatoms. The molecule has 3 rings (SSSR count). The number of rotatable bonds is 2. The Morgan fingerprint density at radius 3 is 2.79 bits per heavy atom. The van der Waals surface area contributed by atoms with Crippen molar-refractivity contribution in [2.24, 2.45) is 0 Å². The Morgan fingerprint density at radius 1 is 1.26 bits per heavy atom. The molecule has 1 unspecified atom stereocenters. The van der Waals surface area contributed by atoms with E-state index in [0.717, 1.165) is 5.69 Å². The molecule has 0 spiro atoms. The number of carbonyl (C=O) groups excluding carboxylic acids is 1. The Hall–Kier alpha value is -1.00. The summed E-state index contributed by atoms with van der Waals surface area (Å²) in [5, 5.41) is 3.70. The van der Waals surface area contributed by atoms with Gasteiger partial charge in [0.25, 0.3) is 0 Å². The van der Waals surface area contributed by atoms with Crippen molar-refractivity contribution < 1.29 is 4.79 Å². The highest BCUT2D eigenvalue weighted by Crippen LogP contribution is 2.34. The molecule has 3 nitrogen and oxygen atoms in total. The molecule has 1 N–H and O–H groups in total. The molecule has 1 atom stereocenters. The van der Waals surface area contributed by atoms with E-state index in [-0.39, 0.29) is 11.9 Å². The topological polar surface area (TPSA) is 32.3 Å². The van der Waals surface area contributed by atoms with Crippen LogP contribution in [0.4, 0.5) is 5.69 Å². The van der Waals surface area contributed by atoms with Gasteiger partial charge in [-0.2, -0.15) is 11.8 Å². The maximum absolute atomic E-state index is 12.1. The third-order valence-corrected chi connectivity index (χ3v) is 5.13. The number of hydrogen-bond donors (Lipinski definition) is 1. The van der Waals surface area contributed by atoms with Crippen LogP contribution in [0.2, 0.25) is 0 Å². The standard InChI is InChI=1S/C15H20N2OS/c1-17-14-5-3-2-4-12(14)13(10-15(17)18)16-11-6-8-19-9-7-11/h2-5,11,13,16H,6-10H2,1H3. The summed E-state index contributed by atoms with van der Waals surface area (Å²) in [5.41, 5.74) is 2.32. The summed E-state index contributed by atoms with van der Waals surface area (Å²) in [4.78, 5) is 13.9. The van der Waals surface area contributed by atoms with Gasteiger partial charge in [0, 0.05) is 31.2 Å². The van der Waals surface area contributed by atoms with Gasteiger partial charge in [-0.15, -0.1) is 0 Å². The first kappa shape index (κ1) is 13.0. The van der Waals surface area contributed by atoms with Crippen molar-refractivity contribution in [3.8, 4) is 0 Å². The lowest BCUT2D eigenvalue weighted by atomic mass is 9.95. The first-order valence-corrected chi connectivity index (χ1v) is 8.10. The Kier molecular flexibility index (Phi) is 3.80. The van der Waals surface area contributed by atoms with E-state index in [0.29, 0.717) is 12.5 Å². The Balaban J connectivity index is 1.81. The minimum absolute atomic E-state index is 0.188. The van der Waals surface area contributed by atoms with Crippen molar-refractivity contribution >= 4 is 23.4 Å². The van der Waals surface area contributed by atoms with Crippen LogP contribution in [-0.2, 0) is 4.79 Å². The van der Waals surface area contributed by atoms with Crippen molar-refractivity contribution in [2.75, 3.05) is 23.5 Å². The van der Waals surface area contributed by atoms with Gasteiger partial charge in [-0.05, 0) is 36.0 Å². The van der Waals surface area contributed by atoms with Gasteiger partial charge in [-0.3, -0.25) is 4.79 Å². The zero-order valence-corrected chi connectivity index (χ0v) is 12.1. The average molecular weight is 276 g/mol. The Labute approximate surface area is 118 Å². The fourth-order valence-electron chi connectivity index (χ4n) is 2.94. The Morgan fingerprint density at radius 2 is 2.00 bits per heavy atom. The summed E-state index contributed by atoms with van der Waals surface area (Å²) in [6.07, 6.45) is 3.01. The molecule has 0 radical (unpaired) electrons. The van der Waals surface area contributed by atoms with E-state index in [1.54, 1.807) is 4.90 Å². The molecule has 2 aliphatic rings. The van der Waals surface area contributed by atoms with Crippen molar-refractivity contribution in [1.29, 1.82) is 0 Å². The number of para-hydroxylation sites is 1. The van der Waals surface area contributed by atoms with Gasteiger partial charge < -0.3 is 10.2 Å². The summed E-state index contributed by atoms with van der Waals surface area (Å²) >= 11 is 2.03. The molecule has 0 saturated carbocycles. The fourth-order valence-corrected chi connectivity index (χ4v) is 4.05. The van der Waals surface area contributed by atoms with E-state index in [1.807, 2.05) is 30.9 Å². The van der Waals surface area contributed by atoms with Crippen LogP contribution in [0.1, 0.15) is 30.9 Å². The summed E-state index contributed by atoms with van der Waals surface area (Å²) in [6, 6.07) is 9.00. The molecule has 1 aromatic carbocycles. The minimum atomic E-state index is 0.188. The van der Waals surface area contributed by atoms with Crippen LogP contribution in [0.3, 0.4) is 0 Å². The van der Waals surface area contributed by atoms with Crippen LogP contribution in [0.15, 0.2) is 24.3 Å². The van der Waals surface area contributed by atoms with Gasteiger partial charge in [-0.25, -0.2) is 0 Å². The summed E-state index contributed by atoms with van der Waals surface area (Å²) in [6.45, 7) is 0. The summed E-state index contributed by atoms with van der Waals surface area (Å²) in [7, 11) is 1.87. The van der Waals surface area contributed by atoms with Crippen LogP contribution in [0.5, 0.6) is 0 Å². The second-order valence-corrected chi connectivity index (χ2v) is 6.55. The zero-order valence-electron chi connectivity index (χ0n) is 11.3. The normalized spacial score (nSPS) is 24.4. The minimum Gasteiger partial charge on any atom is -0.315 e. The first-order chi connectivity index (χ1) is 9.25. The van der Waals surface area contributed by atoms with Crippen LogP contribution >= 0.6 is 11.8 Å². The highest BCUT2D eigenvalue weighted by atomic mass is 32.2. The van der Waals surface area contributed by atoms with Gasteiger partial charge in [-0.1, -0.05) is 18.2 Å². The van der Waals surface area contributed by atoms with E-state index < -0.39 is 0 Å². The molecular formula is C15H20N2OS. The number of nitrogens with zero attached hydrogens (tertiary/aromatic N) is 1. The number of carbonyl (C=O) groups is 1. The SMILES string of the molecule is CN1C(=O)CC(NC2CCSCC2)c2ccccc21. The maximum atomic E-state index is 12.1. The molecule has 1 aromatic rings. The highest BCUT2D eigenvalue weighted by Gasteiger charge is 2.30. The van der Waals surface area contributed by atoms with Crippen molar-refractivity contribution in [1.82, 2.24) is 5.32 Å². The first-order valence-electron chi connectivity index (χ1n) is 6.95. The largest absolute Gasteiger partial charge is 0.315 e. The number of thioether (sulfide) groups is 1. The number of anilines is 1. The van der Waals surface area contributed by atoms with Crippen LogP contribution in [0, 0.1) is 0 Å². The number of hydrogen-bond acceptors (Lipinski definition) is 3. The van der Waals surface area contributed by atoms with Crippen LogP contribution in [0.25, 0.3) is 0 Å². The zero-order chi connectivity index (χ0) is 13.2. The lowest BCUT2D eigenvalue weighted by Gasteiger charge is -2.35. The number of nitrogens with one attached hydrogen (secondary N) is 1. The average Bonchev–Trinajstić information content (AvgIpc) is 2.46. The molecule has 2 heterocycles. The van der Waals surface area contributed by atoms with E-state index in [2.05, 4.69) is 17.4 Å². The molecule has 1 amide bonds. The third kappa shape index (κ3) is 2.65. The molecule has 0 bridgehead atoms. The van der Waals surface area contributed by atoms with E-state index in [4.69, 9.17) is 0 Å². The number of amides is 1. The second-order valence-electron chi connectivity index (χ2n) is 5.32. The lowest BCUT2D eigenvalue weighted by Crippen LogP contribution is -2.42. The quantitative estimate of drug-likeness (QED) is 0.901. The molecule has 1 saturated heterocycles. The molecule has 0 aromatic heterocycles. The van der Waals surface area contributed by atoms with Gasteiger partial charge in [0.1, 0.15) is 0 Å². The van der Waals surface area contributed by atoms with E-state index >= 15 is 0 Å². The smallest absolute Gasteiger partial charge is 0.228 e. The van der Waals surface area contributed by atoms with Crippen molar-refractivity contribution in [3.05, 3.63) is 29.8 Å². The number of fused-ring (bicyclic) bond motifs is 1. The van der Waals surface area contributed by atoms with Gasteiger partial charge >= 0.3 is 0 Å². The predicted molar refractivity (Wildman–Crippen MR) is 80.7 cm³/mol.